The molecule has 0 aliphatic carbocycles. The van der Waals surface area contributed by atoms with Crippen molar-refractivity contribution in [1.29, 1.82) is 0 Å². The predicted octanol–water partition coefficient (Wildman–Crippen LogP) is 3.00. The van der Waals surface area contributed by atoms with Crippen LogP contribution in [-0.4, -0.2) is 17.4 Å². The molecule has 0 bridgehead atoms. The SMILES string of the molecule is Cc1cccc2c1CN(CC(C)(C)C)C2=O. The standard InChI is InChI=1S/C14H19NO/c1-10-6-5-7-11-12(10)8-15(13(11)16)9-14(2,3)4/h5-7H,8-9H2,1-4H3. The van der Waals surface area contributed by atoms with Crippen LogP contribution in [0.25, 0.3) is 0 Å². The summed E-state index contributed by atoms with van der Waals surface area (Å²) in [7, 11) is 0. The van der Waals surface area contributed by atoms with Gasteiger partial charge in [-0.3, -0.25) is 4.79 Å². The van der Waals surface area contributed by atoms with Crippen molar-refractivity contribution in [2.24, 2.45) is 5.41 Å². The van der Waals surface area contributed by atoms with E-state index in [-0.39, 0.29) is 11.3 Å². The highest BCUT2D eigenvalue weighted by Gasteiger charge is 2.30. The van der Waals surface area contributed by atoms with Crippen LogP contribution in [0.1, 0.15) is 42.3 Å². The molecule has 0 radical (unpaired) electrons. The minimum absolute atomic E-state index is 0.158. The fourth-order valence-corrected chi connectivity index (χ4v) is 2.25. The van der Waals surface area contributed by atoms with Gasteiger partial charge in [-0.05, 0) is 29.5 Å². The fraction of sp³-hybridized carbons (Fsp3) is 0.500. The highest BCUT2D eigenvalue weighted by molar-refractivity contribution is 5.98. The normalized spacial score (nSPS) is 15.5. The Bertz CT molecular complexity index is 429. The maximum atomic E-state index is 12.2. The fourth-order valence-electron chi connectivity index (χ4n) is 2.25. The molecule has 1 aromatic rings. The van der Waals surface area contributed by atoms with Crippen LogP contribution >= 0.6 is 0 Å². The number of hydrogen-bond acceptors (Lipinski definition) is 1. The molecule has 16 heavy (non-hydrogen) atoms. The van der Waals surface area contributed by atoms with E-state index in [9.17, 15) is 4.79 Å². The zero-order chi connectivity index (χ0) is 11.9. The molecule has 0 saturated heterocycles. The van der Waals surface area contributed by atoms with Gasteiger partial charge in [0.2, 0.25) is 0 Å². The second-order valence-corrected chi connectivity index (χ2v) is 5.82. The minimum atomic E-state index is 0.158. The summed E-state index contributed by atoms with van der Waals surface area (Å²) >= 11 is 0. The maximum Gasteiger partial charge on any atom is 0.254 e. The minimum Gasteiger partial charge on any atom is -0.334 e. The van der Waals surface area contributed by atoms with Crippen LogP contribution in [-0.2, 0) is 6.54 Å². The number of carbonyl (C=O) groups is 1. The van der Waals surface area contributed by atoms with E-state index < -0.39 is 0 Å². The number of carbonyl (C=O) groups excluding carboxylic acids is 1. The highest BCUT2D eigenvalue weighted by Crippen LogP contribution is 2.28. The van der Waals surface area contributed by atoms with Gasteiger partial charge in [-0.1, -0.05) is 32.9 Å². The van der Waals surface area contributed by atoms with E-state index in [2.05, 4.69) is 33.8 Å². The maximum absolute atomic E-state index is 12.2. The van der Waals surface area contributed by atoms with Crippen molar-refractivity contribution in [1.82, 2.24) is 4.90 Å². The Morgan fingerprint density at radius 3 is 2.56 bits per heavy atom. The van der Waals surface area contributed by atoms with Gasteiger partial charge in [0.1, 0.15) is 0 Å². The first-order chi connectivity index (χ1) is 7.38. The summed E-state index contributed by atoms with van der Waals surface area (Å²) in [6.07, 6.45) is 0. The van der Waals surface area contributed by atoms with Crippen LogP contribution in [0.3, 0.4) is 0 Å². The third-order valence-corrected chi connectivity index (χ3v) is 2.94. The van der Waals surface area contributed by atoms with E-state index in [0.717, 1.165) is 18.7 Å². The molecule has 0 spiro atoms. The predicted molar refractivity (Wildman–Crippen MR) is 65.4 cm³/mol. The molecule has 0 saturated carbocycles. The number of nitrogens with zero attached hydrogens (tertiary/aromatic N) is 1. The summed E-state index contributed by atoms with van der Waals surface area (Å²) in [6.45, 7) is 10.2. The van der Waals surface area contributed by atoms with E-state index in [4.69, 9.17) is 0 Å². The van der Waals surface area contributed by atoms with Crippen molar-refractivity contribution < 1.29 is 4.79 Å². The molecule has 2 heteroatoms. The van der Waals surface area contributed by atoms with Crippen LogP contribution < -0.4 is 0 Å². The van der Waals surface area contributed by atoms with Gasteiger partial charge in [0.15, 0.2) is 0 Å². The van der Waals surface area contributed by atoms with E-state index in [1.165, 1.54) is 11.1 Å². The average Bonchev–Trinajstić information content (AvgIpc) is 2.44. The first kappa shape index (κ1) is 11.2. The van der Waals surface area contributed by atoms with Gasteiger partial charge in [-0.2, -0.15) is 0 Å². The number of fused-ring (bicyclic) bond motifs is 1. The Morgan fingerprint density at radius 2 is 2.00 bits per heavy atom. The third-order valence-electron chi connectivity index (χ3n) is 2.94. The van der Waals surface area contributed by atoms with Gasteiger partial charge < -0.3 is 4.90 Å². The Labute approximate surface area is 97.3 Å². The number of hydrogen-bond donors (Lipinski definition) is 0. The Balaban J connectivity index is 2.28. The highest BCUT2D eigenvalue weighted by atomic mass is 16.2. The molecular weight excluding hydrogens is 198 g/mol. The first-order valence-electron chi connectivity index (χ1n) is 5.76. The molecule has 86 valence electrons. The molecule has 1 aliphatic heterocycles. The molecule has 0 N–H and O–H groups in total. The number of rotatable bonds is 1. The molecule has 0 fully saturated rings. The van der Waals surface area contributed by atoms with Gasteiger partial charge in [0.25, 0.3) is 5.91 Å². The first-order valence-corrected chi connectivity index (χ1v) is 5.76. The van der Waals surface area contributed by atoms with Crippen LogP contribution in [0.5, 0.6) is 0 Å². The molecule has 1 amide bonds. The summed E-state index contributed by atoms with van der Waals surface area (Å²) in [5, 5.41) is 0. The van der Waals surface area contributed by atoms with Gasteiger partial charge in [0.05, 0.1) is 0 Å². The quantitative estimate of drug-likeness (QED) is 0.708. The van der Waals surface area contributed by atoms with Gasteiger partial charge in [0, 0.05) is 18.7 Å². The van der Waals surface area contributed by atoms with E-state index in [1.54, 1.807) is 0 Å². The second-order valence-electron chi connectivity index (χ2n) is 5.82. The molecule has 0 unspecified atom stereocenters. The molecule has 2 nitrogen and oxygen atoms in total. The molecular formula is C14H19NO. The summed E-state index contributed by atoms with van der Waals surface area (Å²) in [6, 6.07) is 5.98. The Hall–Kier alpha value is -1.31. The van der Waals surface area contributed by atoms with Crippen LogP contribution in [0.4, 0.5) is 0 Å². The summed E-state index contributed by atoms with van der Waals surface area (Å²) in [5.41, 5.74) is 3.48. The molecule has 1 heterocycles. The van der Waals surface area contributed by atoms with Crippen molar-refractivity contribution in [3.8, 4) is 0 Å². The molecule has 1 aromatic carbocycles. The van der Waals surface area contributed by atoms with E-state index >= 15 is 0 Å². The zero-order valence-electron chi connectivity index (χ0n) is 10.5. The summed E-state index contributed by atoms with van der Waals surface area (Å²) < 4.78 is 0. The molecule has 1 aliphatic rings. The lowest BCUT2D eigenvalue weighted by Crippen LogP contribution is -2.32. The average molecular weight is 217 g/mol. The lowest BCUT2D eigenvalue weighted by molar-refractivity contribution is 0.0720. The topological polar surface area (TPSA) is 20.3 Å². The number of amides is 1. The van der Waals surface area contributed by atoms with E-state index in [0.29, 0.717) is 0 Å². The van der Waals surface area contributed by atoms with E-state index in [1.807, 2.05) is 17.0 Å². The number of benzene rings is 1. The van der Waals surface area contributed by atoms with Gasteiger partial charge in [-0.25, -0.2) is 0 Å². The molecule has 0 atom stereocenters. The zero-order valence-corrected chi connectivity index (χ0v) is 10.5. The molecule has 0 aromatic heterocycles. The monoisotopic (exact) mass is 217 g/mol. The van der Waals surface area contributed by atoms with Crippen molar-refractivity contribution in [2.75, 3.05) is 6.54 Å². The summed E-state index contributed by atoms with van der Waals surface area (Å²) in [5.74, 6) is 0.189. The third kappa shape index (κ3) is 1.97. The smallest absolute Gasteiger partial charge is 0.254 e. The lowest BCUT2D eigenvalue weighted by Gasteiger charge is -2.26. The van der Waals surface area contributed by atoms with Crippen molar-refractivity contribution >= 4 is 5.91 Å². The largest absolute Gasteiger partial charge is 0.334 e. The second kappa shape index (κ2) is 3.62. The van der Waals surface area contributed by atoms with Crippen molar-refractivity contribution in [3.05, 3.63) is 34.9 Å². The Morgan fingerprint density at radius 1 is 1.31 bits per heavy atom. The van der Waals surface area contributed by atoms with Crippen molar-refractivity contribution in [3.63, 3.8) is 0 Å². The van der Waals surface area contributed by atoms with Gasteiger partial charge >= 0.3 is 0 Å². The summed E-state index contributed by atoms with van der Waals surface area (Å²) in [4.78, 5) is 14.1. The Kier molecular flexibility index (Phi) is 2.53. The van der Waals surface area contributed by atoms with Crippen LogP contribution in [0.15, 0.2) is 18.2 Å². The number of aryl methyl sites for hydroxylation is 1. The van der Waals surface area contributed by atoms with Crippen LogP contribution in [0, 0.1) is 12.3 Å². The van der Waals surface area contributed by atoms with Crippen molar-refractivity contribution in [2.45, 2.75) is 34.2 Å². The lowest BCUT2D eigenvalue weighted by atomic mass is 9.96. The van der Waals surface area contributed by atoms with Gasteiger partial charge in [-0.15, -0.1) is 0 Å². The van der Waals surface area contributed by atoms with Crippen LogP contribution in [0.2, 0.25) is 0 Å². The molecule has 2 rings (SSSR count).